The first-order valence-corrected chi connectivity index (χ1v) is 9.01. The second-order valence-electron chi connectivity index (χ2n) is 6.92. The Hall–Kier alpha value is -1.77. The Morgan fingerprint density at radius 3 is 2.46 bits per heavy atom. The number of aliphatic carboxylic acids is 1. The second-order valence-corrected chi connectivity index (χ2v) is 6.92. The highest BCUT2D eigenvalue weighted by Crippen LogP contribution is 2.16. The summed E-state index contributed by atoms with van der Waals surface area (Å²) in [5.74, 6) is -0.421. The van der Waals surface area contributed by atoms with Gasteiger partial charge in [-0.2, -0.15) is 0 Å². The smallest absolute Gasteiger partial charge is 0.303 e. The third-order valence-electron chi connectivity index (χ3n) is 4.34. The summed E-state index contributed by atoms with van der Waals surface area (Å²) >= 11 is 0. The van der Waals surface area contributed by atoms with Gasteiger partial charge in [0.15, 0.2) is 0 Å². The number of carboxylic acids is 1. The Morgan fingerprint density at radius 1 is 1.21 bits per heavy atom. The minimum absolute atomic E-state index is 0.271. The van der Waals surface area contributed by atoms with Gasteiger partial charge >= 0.3 is 5.97 Å². The molecule has 0 aromatic carbocycles. The Labute approximate surface area is 146 Å². The van der Waals surface area contributed by atoms with E-state index in [-0.39, 0.29) is 12.3 Å². The highest BCUT2D eigenvalue weighted by molar-refractivity contribution is 5.66. The van der Waals surface area contributed by atoms with Crippen molar-refractivity contribution >= 4 is 5.97 Å². The summed E-state index contributed by atoms with van der Waals surface area (Å²) in [6, 6.07) is 2.03. The van der Waals surface area contributed by atoms with Crippen LogP contribution in [-0.2, 0) is 11.2 Å². The number of carboxylic acid groups (broad SMARTS) is 1. The molecule has 0 aliphatic carbocycles. The van der Waals surface area contributed by atoms with E-state index in [4.69, 9.17) is 9.52 Å². The van der Waals surface area contributed by atoms with Crippen molar-refractivity contribution in [1.82, 2.24) is 0 Å². The molecule has 3 nitrogen and oxygen atoms in total. The van der Waals surface area contributed by atoms with Crippen LogP contribution in [0.1, 0.15) is 71.3 Å². The fraction of sp³-hybridized carbons (Fsp3) is 0.571. The lowest BCUT2D eigenvalue weighted by Gasteiger charge is -2.08. The molecule has 134 valence electrons. The van der Waals surface area contributed by atoms with Crippen LogP contribution in [0.15, 0.2) is 46.3 Å². The first-order chi connectivity index (χ1) is 11.5. The van der Waals surface area contributed by atoms with Gasteiger partial charge in [-0.25, -0.2) is 0 Å². The molecule has 1 heterocycles. The zero-order valence-corrected chi connectivity index (χ0v) is 15.4. The van der Waals surface area contributed by atoms with E-state index in [1.807, 2.05) is 19.3 Å². The van der Waals surface area contributed by atoms with E-state index in [9.17, 15) is 4.79 Å². The topological polar surface area (TPSA) is 50.4 Å². The third-order valence-corrected chi connectivity index (χ3v) is 4.34. The van der Waals surface area contributed by atoms with E-state index in [0.29, 0.717) is 0 Å². The molecule has 0 aliphatic rings. The molecule has 0 aliphatic heterocycles. The lowest BCUT2D eigenvalue weighted by molar-refractivity contribution is -0.138. The van der Waals surface area contributed by atoms with Crippen molar-refractivity contribution in [1.29, 1.82) is 0 Å². The van der Waals surface area contributed by atoms with Gasteiger partial charge in [0.2, 0.25) is 0 Å². The van der Waals surface area contributed by atoms with Crippen LogP contribution in [0.2, 0.25) is 0 Å². The van der Waals surface area contributed by atoms with Crippen LogP contribution in [0.4, 0.5) is 0 Å². The van der Waals surface area contributed by atoms with Crippen molar-refractivity contribution in [3.63, 3.8) is 0 Å². The predicted octanol–water partition coefficient (Wildman–Crippen LogP) is 6.17. The Bertz CT molecular complexity index is 523. The number of carbonyl (C=O) groups is 1. The molecule has 0 spiro atoms. The van der Waals surface area contributed by atoms with Gasteiger partial charge in [-0.1, -0.05) is 30.2 Å². The molecule has 3 heteroatoms. The fourth-order valence-corrected chi connectivity index (χ4v) is 2.80. The molecule has 1 aromatic heterocycles. The molecule has 1 rings (SSSR count). The summed E-state index contributed by atoms with van der Waals surface area (Å²) in [5.41, 5.74) is 4.12. The molecule has 1 atom stereocenters. The maximum Gasteiger partial charge on any atom is 0.303 e. The average Bonchev–Trinajstić information content (AvgIpc) is 2.99. The lowest BCUT2D eigenvalue weighted by Crippen LogP contribution is -2.03. The molecule has 1 aromatic rings. The van der Waals surface area contributed by atoms with Crippen LogP contribution in [0.3, 0.4) is 0 Å². The quantitative estimate of drug-likeness (QED) is 0.466. The van der Waals surface area contributed by atoms with Gasteiger partial charge in [0.1, 0.15) is 0 Å². The van der Waals surface area contributed by atoms with E-state index < -0.39 is 5.97 Å². The van der Waals surface area contributed by atoms with E-state index in [0.717, 1.165) is 44.9 Å². The van der Waals surface area contributed by atoms with Crippen LogP contribution in [0.5, 0.6) is 0 Å². The maximum atomic E-state index is 10.6. The average molecular weight is 332 g/mol. The summed E-state index contributed by atoms with van der Waals surface area (Å²) in [5, 5.41) is 8.75. The van der Waals surface area contributed by atoms with Gasteiger partial charge in [-0.15, -0.1) is 0 Å². The van der Waals surface area contributed by atoms with Crippen molar-refractivity contribution in [3.05, 3.63) is 47.5 Å². The van der Waals surface area contributed by atoms with Gasteiger partial charge < -0.3 is 9.52 Å². The zero-order chi connectivity index (χ0) is 17.8. The number of hydrogen-bond donors (Lipinski definition) is 1. The Kier molecular flexibility index (Phi) is 9.90. The summed E-state index contributed by atoms with van der Waals surface area (Å²) in [6.07, 6.45) is 15.9. The SMILES string of the molecule is CC(=CCC=C(C)CCCC(C)CC(=O)O)CCCc1ccoc1. The molecule has 0 radical (unpaired) electrons. The van der Waals surface area contributed by atoms with E-state index >= 15 is 0 Å². The molecular formula is C21H32O3. The Balaban J connectivity index is 2.15. The highest BCUT2D eigenvalue weighted by Gasteiger charge is 2.06. The number of allylic oxidation sites excluding steroid dienone is 4. The van der Waals surface area contributed by atoms with Crippen molar-refractivity contribution in [2.45, 2.75) is 72.1 Å². The fourth-order valence-electron chi connectivity index (χ4n) is 2.80. The molecule has 0 saturated carbocycles. The monoisotopic (exact) mass is 332 g/mol. The number of hydrogen-bond acceptors (Lipinski definition) is 2. The summed E-state index contributed by atoms with van der Waals surface area (Å²) in [4.78, 5) is 10.6. The van der Waals surface area contributed by atoms with Gasteiger partial charge in [0.05, 0.1) is 12.5 Å². The van der Waals surface area contributed by atoms with E-state index in [1.54, 1.807) is 6.26 Å². The van der Waals surface area contributed by atoms with Crippen molar-refractivity contribution in [2.75, 3.05) is 0 Å². The van der Waals surface area contributed by atoms with Crippen LogP contribution in [-0.4, -0.2) is 11.1 Å². The van der Waals surface area contributed by atoms with Gasteiger partial charge in [0, 0.05) is 6.42 Å². The largest absolute Gasteiger partial charge is 0.481 e. The molecular weight excluding hydrogens is 300 g/mol. The van der Waals surface area contributed by atoms with E-state index in [2.05, 4.69) is 26.0 Å². The number of rotatable bonds is 12. The van der Waals surface area contributed by atoms with Gasteiger partial charge in [-0.3, -0.25) is 4.79 Å². The van der Waals surface area contributed by atoms with Crippen molar-refractivity contribution in [2.24, 2.45) is 5.92 Å². The minimum Gasteiger partial charge on any atom is -0.481 e. The van der Waals surface area contributed by atoms with Gasteiger partial charge in [-0.05, 0) is 76.3 Å². The predicted molar refractivity (Wildman–Crippen MR) is 99.0 cm³/mol. The van der Waals surface area contributed by atoms with Crippen molar-refractivity contribution in [3.8, 4) is 0 Å². The van der Waals surface area contributed by atoms with Gasteiger partial charge in [0.25, 0.3) is 0 Å². The van der Waals surface area contributed by atoms with Crippen LogP contribution >= 0.6 is 0 Å². The first-order valence-electron chi connectivity index (χ1n) is 9.01. The maximum absolute atomic E-state index is 10.6. The lowest BCUT2D eigenvalue weighted by atomic mass is 9.98. The van der Waals surface area contributed by atoms with E-state index in [1.165, 1.54) is 16.7 Å². The number of furan rings is 1. The normalized spacial score (nSPS) is 14.0. The highest BCUT2D eigenvalue weighted by atomic mass is 16.4. The number of aryl methyl sites for hydroxylation is 1. The summed E-state index contributed by atoms with van der Waals surface area (Å²) in [6.45, 7) is 6.39. The summed E-state index contributed by atoms with van der Waals surface area (Å²) in [7, 11) is 0. The molecule has 0 amide bonds. The zero-order valence-electron chi connectivity index (χ0n) is 15.4. The third kappa shape index (κ3) is 10.1. The molecule has 0 fully saturated rings. The Morgan fingerprint density at radius 2 is 1.88 bits per heavy atom. The minimum atomic E-state index is -0.692. The summed E-state index contributed by atoms with van der Waals surface area (Å²) < 4.78 is 5.08. The molecule has 0 saturated heterocycles. The molecule has 24 heavy (non-hydrogen) atoms. The molecule has 1 unspecified atom stereocenters. The second kappa shape index (κ2) is 11.7. The van der Waals surface area contributed by atoms with Crippen molar-refractivity contribution < 1.29 is 14.3 Å². The first kappa shape index (κ1) is 20.3. The molecule has 0 bridgehead atoms. The molecule has 1 N–H and O–H groups in total. The van der Waals surface area contributed by atoms with Crippen LogP contribution < -0.4 is 0 Å². The standard InChI is InChI=1S/C21H32O3/c1-17(9-5-11-19(3)15-21(22)23)7-4-8-18(2)10-6-12-20-13-14-24-16-20/h7-8,13-14,16,19H,4-6,9-12,15H2,1-3H3,(H,22,23). The van der Waals surface area contributed by atoms with Crippen LogP contribution in [0, 0.1) is 5.92 Å². The van der Waals surface area contributed by atoms with Crippen LogP contribution in [0.25, 0.3) is 0 Å².